The van der Waals surface area contributed by atoms with Crippen LogP contribution in [0.1, 0.15) is 5.56 Å². The lowest BCUT2D eigenvalue weighted by atomic mass is 10.0. The number of hydrogen-bond acceptors (Lipinski definition) is 3. The van der Waals surface area contributed by atoms with Gasteiger partial charge in [0.2, 0.25) is 0 Å². The smallest absolute Gasteiger partial charge is 0.160 e. The zero-order valence-electron chi connectivity index (χ0n) is 21.0. The van der Waals surface area contributed by atoms with Crippen molar-refractivity contribution in [3.8, 4) is 45.7 Å². The van der Waals surface area contributed by atoms with Gasteiger partial charge in [0.25, 0.3) is 0 Å². The molecule has 0 aliphatic rings. The fourth-order valence-electron chi connectivity index (χ4n) is 5.27. The standard InChI is InChI=1S/C35H22N4/c36-23-30-33(24-11-3-1-4-12-24)37-35(38-34(30)25-13-5-2-6-14-25)26-19-21-27(22-20-26)39-31-17-9-7-15-28(31)29-16-8-10-18-32(29)39/h1-22H. The highest BCUT2D eigenvalue weighted by Crippen LogP contribution is 2.34. The van der Waals surface area contributed by atoms with E-state index < -0.39 is 0 Å². The van der Waals surface area contributed by atoms with E-state index in [1.165, 1.54) is 21.8 Å². The molecule has 0 amide bonds. The van der Waals surface area contributed by atoms with Gasteiger partial charge in [0, 0.05) is 33.2 Å². The minimum atomic E-state index is 0.470. The first-order valence-corrected chi connectivity index (χ1v) is 12.8. The van der Waals surface area contributed by atoms with Gasteiger partial charge in [0.05, 0.1) is 22.4 Å². The molecule has 0 N–H and O–H groups in total. The zero-order valence-corrected chi connectivity index (χ0v) is 21.0. The lowest BCUT2D eigenvalue weighted by Crippen LogP contribution is -2.01. The number of nitriles is 1. The largest absolute Gasteiger partial charge is 0.309 e. The molecule has 0 spiro atoms. The summed E-state index contributed by atoms with van der Waals surface area (Å²) in [6, 6.07) is 47.4. The molecule has 7 aromatic rings. The van der Waals surface area contributed by atoms with Gasteiger partial charge in [0.1, 0.15) is 11.6 Å². The van der Waals surface area contributed by atoms with Crippen molar-refractivity contribution in [2.45, 2.75) is 0 Å². The Morgan fingerprint density at radius 1 is 0.487 bits per heavy atom. The summed E-state index contributed by atoms with van der Waals surface area (Å²) in [7, 11) is 0. The maximum Gasteiger partial charge on any atom is 0.160 e. The van der Waals surface area contributed by atoms with E-state index in [0.717, 1.165) is 22.4 Å². The van der Waals surface area contributed by atoms with Gasteiger partial charge in [0.15, 0.2) is 5.82 Å². The van der Waals surface area contributed by atoms with Gasteiger partial charge in [-0.3, -0.25) is 0 Å². The first-order chi connectivity index (χ1) is 19.3. The molecule has 182 valence electrons. The zero-order chi connectivity index (χ0) is 26.2. The van der Waals surface area contributed by atoms with Gasteiger partial charge in [-0.15, -0.1) is 0 Å². The SMILES string of the molecule is N#Cc1c(-c2ccccc2)nc(-c2ccc(-n3c4ccccc4c4ccccc43)cc2)nc1-c1ccccc1. The summed E-state index contributed by atoms with van der Waals surface area (Å²) in [4.78, 5) is 9.84. The molecule has 39 heavy (non-hydrogen) atoms. The van der Waals surface area contributed by atoms with Crippen molar-refractivity contribution in [2.75, 3.05) is 0 Å². The normalized spacial score (nSPS) is 11.1. The molecule has 0 radical (unpaired) electrons. The van der Waals surface area contributed by atoms with Crippen LogP contribution in [0.4, 0.5) is 0 Å². The summed E-state index contributed by atoms with van der Waals surface area (Å²) < 4.78 is 2.29. The summed E-state index contributed by atoms with van der Waals surface area (Å²) >= 11 is 0. The van der Waals surface area contributed by atoms with Gasteiger partial charge < -0.3 is 4.57 Å². The fraction of sp³-hybridized carbons (Fsp3) is 0. The Labute approximate surface area is 226 Å². The molecule has 2 aromatic heterocycles. The summed E-state index contributed by atoms with van der Waals surface area (Å²) in [6.07, 6.45) is 0. The molecule has 4 nitrogen and oxygen atoms in total. The van der Waals surface area contributed by atoms with Crippen molar-refractivity contribution in [3.05, 3.63) is 139 Å². The third kappa shape index (κ3) is 3.85. The van der Waals surface area contributed by atoms with Crippen molar-refractivity contribution in [2.24, 2.45) is 0 Å². The molecule has 7 rings (SSSR count). The van der Waals surface area contributed by atoms with E-state index in [1.54, 1.807) is 0 Å². The average molecular weight is 499 g/mol. The van der Waals surface area contributed by atoms with Crippen LogP contribution in [0.15, 0.2) is 133 Å². The number of rotatable bonds is 4. The Bertz CT molecular complexity index is 1880. The second-order valence-electron chi connectivity index (χ2n) is 9.38. The van der Waals surface area contributed by atoms with Crippen LogP contribution in [0.25, 0.3) is 61.4 Å². The Balaban J connectivity index is 1.41. The Morgan fingerprint density at radius 2 is 0.949 bits per heavy atom. The van der Waals surface area contributed by atoms with Gasteiger partial charge in [-0.05, 0) is 36.4 Å². The lowest BCUT2D eigenvalue weighted by molar-refractivity contribution is 1.16. The molecule has 0 unspecified atom stereocenters. The van der Waals surface area contributed by atoms with Crippen LogP contribution in [0.2, 0.25) is 0 Å². The van der Waals surface area contributed by atoms with Crippen molar-refractivity contribution < 1.29 is 0 Å². The van der Waals surface area contributed by atoms with Crippen LogP contribution >= 0.6 is 0 Å². The van der Waals surface area contributed by atoms with E-state index >= 15 is 0 Å². The second kappa shape index (κ2) is 9.41. The van der Waals surface area contributed by atoms with E-state index in [4.69, 9.17) is 9.97 Å². The Kier molecular flexibility index (Phi) is 5.46. The van der Waals surface area contributed by atoms with Gasteiger partial charge in [-0.1, -0.05) is 97.1 Å². The quantitative estimate of drug-likeness (QED) is 0.245. The average Bonchev–Trinajstić information content (AvgIpc) is 3.36. The molecule has 4 heteroatoms. The first-order valence-electron chi connectivity index (χ1n) is 12.8. The molecule has 0 bridgehead atoms. The topological polar surface area (TPSA) is 54.5 Å². The van der Waals surface area contributed by atoms with E-state index in [0.29, 0.717) is 22.8 Å². The van der Waals surface area contributed by atoms with Crippen LogP contribution in [0, 0.1) is 11.3 Å². The van der Waals surface area contributed by atoms with E-state index in [1.807, 2.05) is 60.7 Å². The summed E-state index contributed by atoms with van der Waals surface area (Å²) in [5.41, 5.74) is 7.79. The number of nitrogens with zero attached hydrogens (tertiary/aromatic N) is 4. The molecule has 0 saturated heterocycles. The molecule has 0 aliphatic carbocycles. The highest BCUT2D eigenvalue weighted by atomic mass is 15.0. The van der Waals surface area contributed by atoms with Gasteiger partial charge in [-0.25, -0.2) is 9.97 Å². The highest BCUT2D eigenvalue weighted by Gasteiger charge is 2.18. The summed E-state index contributed by atoms with van der Waals surface area (Å²) in [6.45, 7) is 0. The van der Waals surface area contributed by atoms with Crippen LogP contribution in [-0.2, 0) is 0 Å². The number of para-hydroxylation sites is 2. The van der Waals surface area contributed by atoms with Crippen LogP contribution in [0.3, 0.4) is 0 Å². The minimum absolute atomic E-state index is 0.470. The number of fused-ring (bicyclic) bond motifs is 3. The van der Waals surface area contributed by atoms with Crippen molar-refractivity contribution >= 4 is 21.8 Å². The number of benzene rings is 5. The van der Waals surface area contributed by atoms with Crippen LogP contribution in [0.5, 0.6) is 0 Å². The van der Waals surface area contributed by atoms with Crippen LogP contribution in [-0.4, -0.2) is 14.5 Å². The van der Waals surface area contributed by atoms with Crippen molar-refractivity contribution in [1.29, 1.82) is 5.26 Å². The minimum Gasteiger partial charge on any atom is -0.309 e. The summed E-state index contributed by atoms with van der Waals surface area (Å²) in [5, 5.41) is 12.6. The second-order valence-corrected chi connectivity index (χ2v) is 9.38. The number of aromatic nitrogens is 3. The molecular weight excluding hydrogens is 476 g/mol. The molecule has 5 aromatic carbocycles. The molecule has 0 aliphatic heterocycles. The first kappa shape index (κ1) is 22.7. The molecule has 0 atom stereocenters. The Hall–Kier alpha value is -5.53. The highest BCUT2D eigenvalue weighted by molar-refractivity contribution is 6.09. The third-order valence-electron chi connectivity index (χ3n) is 7.08. The monoisotopic (exact) mass is 498 g/mol. The lowest BCUT2D eigenvalue weighted by Gasteiger charge is -2.13. The molecular formula is C35H22N4. The third-order valence-corrected chi connectivity index (χ3v) is 7.08. The van der Waals surface area contributed by atoms with Crippen molar-refractivity contribution in [1.82, 2.24) is 14.5 Å². The number of hydrogen-bond donors (Lipinski definition) is 0. The van der Waals surface area contributed by atoms with Crippen molar-refractivity contribution in [3.63, 3.8) is 0 Å². The molecule has 0 saturated carbocycles. The maximum atomic E-state index is 10.2. The van der Waals surface area contributed by atoms with E-state index in [-0.39, 0.29) is 0 Å². The van der Waals surface area contributed by atoms with E-state index in [2.05, 4.69) is 83.4 Å². The van der Waals surface area contributed by atoms with Crippen LogP contribution < -0.4 is 0 Å². The molecule has 0 fully saturated rings. The maximum absolute atomic E-state index is 10.2. The predicted molar refractivity (Wildman–Crippen MR) is 157 cm³/mol. The molecule has 2 heterocycles. The van der Waals surface area contributed by atoms with Gasteiger partial charge >= 0.3 is 0 Å². The van der Waals surface area contributed by atoms with Gasteiger partial charge in [-0.2, -0.15) is 5.26 Å². The predicted octanol–water partition coefficient (Wildman–Crippen LogP) is 8.45. The fourth-order valence-corrected chi connectivity index (χ4v) is 5.27. The Morgan fingerprint density at radius 3 is 1.44 bits per heavy atom. The van der Waals surface area contributed by atoms with E-state index in [9.17, 15) is 5.26 Å². The summed E-state index contributed by atoms with van der Waals surface area (Å²) in [5.74, 6) is 0.584.